The van der Waals surface area contributed by atoms with Gasteiger partial charge in [-0.15, -0.1) is 11.6 Å². The van der Waals surface area contributed by atoms with Gasteiger partial charge in [-0.05, 0) is 31.7 Å². The predicted molar refractivity (Wildman–Crippen MR) is 88.1 cm³/mol. The number of imidazole rings is 1. The summed E-state index contributed by atoms with van der Waals surface area (Å²) < 4.78 is 2.29. The van der Waals surface area contributed by atoms with Crippen LogP contribution < -0.4 is 0 Å². The Kier molecular flexibility index (Phi) is 4.41. The molecule has 3 nitrogen and oxygen atoms in total. The quantitative estimate of drug-likeness (QED) is 0.695. The first kappa shape index (κ1) is 15.1. The lowest BCUT2D eigenvalue weighted by Gasteiger charge is -2.33. The molecular weight excluding hydrogens is 305 g/mol. The van der Waals surface area contributed by atoms with Crippen LogP contribution in [0.5, 0.6) is 0 Å². The van der Waals surface area contributed by atoms with E-state index in [4.69, 9.17) is 28.2 Å². The summed E-state index contributed by atoms with van der Waals surface area (Å²) in [5.41, 5.74) is 1.78. The van der Waals surface area contributed by atoms with Gasteiger partial charge in [0.2, 0.25) is 0 Å². The molecule has 2 aromatic heterocycles. The van der Waals surface area contributed by atoms with Crippen LogP contribution in [0.2, 0.25) is 5.02 Å². The van der Waals surface area contributed by atoms with E-state index in [-0.39, 0.29) is 5.38 Å². The van der Waals surface area contributed by atoms with E-state index in [0.29, 0.717) is 17.0 Å². The molecule has 0 saturated heterocycles. The fraction of sp³-hybridized carbons (Fsp3) is 0.625. The third kappa shape index (κ3) is 2.78. The molecule has 0 radical (unpaired) electrons. The van der Waals surface area contributed by atoms with Crippen LogP contribution in [0.25, 0.3) is 11.2 Å². The van der Waals surface area contributed by atoms with Gasteiger partial charge >= 0.3 is 0 Å². The fourth-order valence-corrected chi connectivity index (χ4v) is 3.89. The van der Waals surface area contributed by atoms with Gasteiger partial charge in [-0.1, -0.05) is 37.8 Å². The SMILES string of the molecule is CCC1CCCCC1n1c(C(C)Cl)nc2cc(Cl)cnc21. The molecule has 0 bridgehead atoms. The van der Waals surface area contributed by atoms with Crippen molar-refractivity contribution in [1.29, 1.82) is 0 Å². The van der Waals surface area contributed by atoms with E-state index >= 15 is 0 Å². The molecule has 1 aliphatic carbocycles. The summed E-state index contributed by atoms with van der Waals surface area (Å²) in [7, 11) is 0. The zero-order valence-electron chi connectivity index (χ0n) is 12.5. The molecule has 5 heteroatoms. The normalized spacial score (nSPS) is 24.4. The van der Waals surface area contributed by atoms with Crippen molar-refractivity contribution >= 4 is 34.4 Å². The molecule has 0 aliphatic heterocycles. The van der Waals surface area contributed by atoms with Crippen LogP contribution in [-0.2, 0) is 0 Å². The Morgan fingerprint density at radius 2 is 2.14 bits per heavy atom. The number of nitrogens with zero attached hydrogens (tertiary/aromatic N) is 3. The first-order chi connectivity index (χ1) is 10.1. The van der Waals surface area contributed by atoms with E-state index < -0.39 is 0 Å². The van der Waals surface area contributed by atoms with Crippen LogP contribution in [0.4, 0.5) is 0 Å². The second-order valence-corrected chi connectivity index (χ2v) is 7.06. The van der Waals surface area contributed by atoms with E-state index in [1.165, 1.54) is 32.1 Å². The Morgan fingerprint density at radius 3 is 2.86 bits per heavy atom. The summed E-state index contributed by atoms with van der Waals surface area (Å²) in [5.74, 6) is 1.61. The molecule has 3 rings (SSSR count). The topological polar surface area (TPSA) is 30.7 Å². The Balaban J connectivity index is 2.16. The second kappa shape index (κ2) is 6.13. The standard InChI is InChI=1S/C16H21Cl2N3/c1-3-11-6-4-5-7-14(11)21-15(10(2)17)20-13-8-12(18)9-19-16(13)21/h8-11,14H,3-7H2,1-2H3. The van der Waals surface area contributed by atoms with Crippen molar-refractivity contribution in [2.45, 2.75) is 57.4 Å². The third-order valence-corrected chi connectivity index (χ3v) is 5.01. The van der Waals surface area contributed by atoms with Crippen molar-refractivity contribution in [3.8, 4) is 0 Å². The average Bonchev–Trinajstić information content (AvgIpc) is 2.85. The highest BCUT2D eigenvalue weighted by Gasteiger charge is 2.30. The van der Waals surface area contributed by atoms with Gasteiger partial charge in [-0.2, -0.15) is 0 Å². The Bertz CT molecular complexity index is 636. The average molecular weight is 326 g/mol. The van der Waals surface area contributed by atoms with Crippen LogP contribution in [0.15, 0.2) is 12.3 Å². The fourth-order valence-electron chi connectivity index (χ4n) is 3.59. The summed E-state index contributed by atoms with van der Waals surface area (Å²) >= 11 is 12.4. The maximum Gasteiger partial charge on any atom is 0.160 e. The molecule has 0 spiro atoms. The van der Waals surface area contributed by atoms with Crippen molar-refractivity contribution in [2.24, 2.45) is 5.92 Å². The van der Waals surface area contributed by atoms with Gasteiger partial charge in [0.05, 0.1) is 10.4 Å². The van der Waals surface area contributed by atoms with Crippen molar-refractivity contribution in [3.05, 3.63) is 23.1 Å². The van der Waals surface area contributed by atoms with Gasteiger partial charge in [0.25, 0.3) is 0 Å². The molecule has 2 heterocycles. The molecule has 21 heavy (non-hydrogen) atoms. The minimum absolute atomic E-state index is 0.127. The number of pyridine rings is 1. The van der Waals surface area contributed by atoms with Gasteiger partial charge in [-0.3, -0.25) is 0 Å². The van der Waals surface area contributed by atoms with E-state index in [2.05, 4.69) is 16.5 Å². The van der Waals surface area contributed by atoms with Gasteiger partial charge in [0.15, 0.2) is 5.65 Å². The maximum absolute atomic E-state index is 6.39. The second-order valence-electron chi connectivity index (χ2n) is 5.97. The van der Waals surface area contributed by atoms with Crippen LogP contribution >= 0.6 is 23.2 Å². The van der Waals surface area contributed by atoms with E-state index in [0.717, 1.165) is 17.0 Å². The number of hydrogen-bond donors (Lipinski definition) is 0. The minimum atomic E-state index is -0.127. The molecule has 1 fully saturated rings. The molecule has 114 valence electrons. The molecular formula is C16H21Cl2N3. The highest BCUT2D eigenvalue weighted by Crippen LogP contribution is 2.40. The summed E-state index contributed by atoms with van der Waals surface area (Å²) in [6.07, 6.45) is 7.95. The zero-order chi connectivity index (χ0) is 15.0. The monoisotopic (exact) mass is 325 g/mol. The van der Waals surface area contributed by atoms with Crippen LogP contribution in [0.1, 0.15) is 63.2 Å². The van der Waals surface area contributed by atoms with E-state index in [1.807, 2.05) is 13.0 Å². The highest BCUT2D eigenvalue weighted by atomic mass is 35.5. The summed E-state index contributed by atoms with van der Waals surface area (Å²) in [6.45, 7) is 4.25. The number of alkyl halides is 1. The third-order valence-electron chi connectivity index (χ3n) is 4.60. The minimum Gasteiger partial charge on any atom is -0.308 e. The summed E-state index contributed by atoms with van der Waals surface area (Å²) in [6, 6.07) is 2.34. The lowest BCUT2D eigenvalue weighted by Crippen LogP contribution is -2.24. The number of halogens is 2. The van der Waals surface area contributed by atoms with Crippen LogP contribution in [0.3, 0.4) is 0 Å². The van der Waals surface area contributed by atoms with Crippen molar-refractivity contribution < 1.29 is 0 Å². The highest BCUT2D eigenvalue weighted by molar-refractivity contribution is 6.31. The van der Waals surface area contributed by atoms with Gasteiger partial charge in [0.1, 0.15) is 11.3 Å². The first-order valence-corrected chi connectivity index (χ1v) is 8.60. The van der Waals surface area contributed by atoms with Crippen molar-refractivity contribution in [3.63, 3.8) is 0 Å². The molecule has 2 aromatic rings. The number of rotatable bonds is 3. The van der Waals surface area contributed by atoms with Gasteiger partial charge in [-0.25, -0.2) is 9.97 Å². The predicted octanol–water partition coefficient (Wildman–Crippen LogP) is 5.53. The molecule has 0 N–H and O–H groups in total. The molecule has 1 saturated carbocycles. The summed E-state index contributed by atoms with van der Waals surface area (Å²) in [5, 5.41) is 0.494. The van der Waals surface area contributed by atoms with Gasteiger partial charge < -0.3 is 4.57 Å². The van der Waals surface area contributed by atoms with Crippen LogP contribution in [-0.4, -0.2) is 14.5 Å². The first-order valence-electron chi connectivity index (χ1n) is 7.79. The van der Waals surface area contributed by atoms with E-state index in [9.17, 15) is 0 Å². The largest absolute Gasteiger partial charge is 0.308 e. The lowest BCUT2D eigenvalue weighted by atomic mass is 9.82. The van der Waals surface area contributed by atoms with Gasteiger partial charge in [0, 0.05) is 12.2 Å². The lowest BCUT2D eigenvalue weighted by molar-refractivity contribution is 0.232. The number of aromatic nitrogens is 3. The van der Waals surface area contributed by atoms with Crippen LogP contribution in [0, 0.1) is 5.92 Å². The van der Waals surface area contributed by atoms with Crippen molar-refractivity contribution in [2.75, 3.05) is 0 Å². The Hall–Kier alpha value is -0.800. The van der Waals surface area contributed by atoms with E-state index in [1.54, 1.807) is 6.20 Å². The smallest absolute Gasteiger partial charge is 0.160 e. The Morgan fingerprint density at radius 1 is 1.38 bits per heavy atom. The van der Waals surface area contributed by atoms with Crippen molar-refractivity contribution in [1.82, 2.24) is 14.5 Å². The molecule has 0 amide bonds. The molecule has 0 aromatic carbocycles. The zero-order valence-corrected chi connectivity index (χ0v) is 14.0. The molecule has 3 unspecified atom stereocenters. The summed E-state index contributed by atoms with van der Waals surface area (Å²) in [4.78, 5) is 9.24. The maximum atomic E-state index is 6.39. The molecule has 3 atom stereocenters. The number of fused-ring (bicyclic) bond motifs is 1. The Labute approximate surface area is 135 Å². The molecule has 1 aliphatic rings. The number of hydrogen-bond acceptors (Lipinski definition) is 2.